The van der Waals surface area contributed by atoms with Crippen LogP contribution < -0.4 is 15.4 Å². The van der Waals surface area contributed by atoms with Crippen LogP contribution in [0.1, 0.15) is 37.7 Å². The number of benzene rings is 1. The lowest BCUT2D eigenvalue weighted by Gasteiger charge is -2.19. The van der Waals surface area contributed by atoms with E-state index in [0.717, 1.165) is 30.4 Å². The molecule has 0 radical (unpaired) electrons. The van der Waals surface area contributed by atoms with E-state index in [1.165, 1.54) is 11.3 Å². The highest BCUT2D eigenvalue weighted by molar-refractivity contribution is 6.30. The monoisotopic (exact) mass is 405 g/mol. The third-order valence-corrected chi connectivity index (χ3v) is 4.77. The molecule has 28 heavy (non-hydrogen) atoms. The number of aryl methyl sites for hydroxylation is 2. The second kappa shape index (κ2) is 10.4. The van der Waals surface area contributed by atoms with Gasteiger partial charge in [0, 0.05) is 30.4 Å². The standard InChI is InChI=1S/C21H32ClN5O/c1-7-23-21(24-13-15(3)28-19-10-8-9-18(22)12-19)25-14(2)11-20-16(4)26-27(6)17(20)5/h8-10,12,14-15H,7,11,13H2,1-6H3,(H2,23,24,25). The third-order valence-electron chi connectivity index (χ3n) is 4.54. The molecule has 0 amide bonds. The maximum Gasteiger partial charge on any atom is 0.191 e. The Kier molecular flexibility index (Phi) is 8.18. The van der Waals surface area contributed by atoms with E-state index in [4.69, 9.17) is 16.3 Å². The molecule has 0 aliphatic heterocycles. The van der Waals surface area contributed by atoms with E-state index in [0.29, 0.717) is 11.6 Å². The number of halogens is 1. The molecule has 2 rings (SSSR count). The van der Waals surface area contributed by atoms with Crippen LogP contribution >= 0.6 is 11.6 Å². The summed E-state index contributed by atoms with van der Waals surface area (Å²) in [6.07, 6.45) is 0.830. The highest BCUT2D eigenvalue weighted by Crippen LogP contribution is 2.18. The number of ether oxygens (including phenoxy) is 1. The van der Waals surface area contributed by atoms with Gasteiger partial charge in [-0.2, -0.15) is 5.10 Å². The molecule has 0 saturated heterocycles. The van der Waals surface area contributed by atoms with E-state index in [1.807, 2.05) is 42.9 Å². The van der Waals surface area contributed by atoms with Gasteiger partial charge in [0.25, 0.3) is 0 Å². The SMILES string of the molecule is CCNC(=NCC(C)Oc1cccc(Cl)c1)NC(C)Cc1c(C)nn(C)c1C. The van der Waals surface area contributed by atoms with E-state index >= 15 is 0 Å². The minimum absolute atomic E-state index is 0.0629. The minimum Gasteiger partial charge on any atom is -0.489 e. The number of nitrogens with one attached hydrogen (secondary N) is 2. The lowest BCUT2D eigenvalue weighted by molar-refractivity contribution is 0.230. The van der Waals surface area contributed by atoms with Crippen molar-refractivity contribution in [3.8, 4) is 5.75 Å². The van der Waals surface area contributed by atoms with Gasteiger partial charge >= 0.3 is 0 Å². The predicted octanol–water partition coefficient (Wildman–Crippen LogP) is 3.64. The summed E-state index contributed by atoms with van der Waals surface area (Å²) in [4.78, 5) is 4.68. The molecule has 0 aliphatic carbocycles. The fourth-order valence-electron chi connectivity index (χ4n) is 3.05. The van der Waals surface area contributed by atoms with Gasteiger partial charge in [-0.1, -0.05) is 17.7 Å². The Bertz CT molecular complexity index is 802. The first-order chi connectivity index (χ1) is 13.3. The summed E-state index contributed by atoms with van der Waals surface area (Å²) in [6.45, 7) is 11.7. The highest BCUT2D eigenvalue weighted by atomic mass is 35.5. The lowest BCUT2D eigenvalue weighted by atomic mass is 10.1. The first-order valence-corrected chi connectivity index (χ1v) is 10.1. The summed E-state index contributed by atoms with van der Waals surface area (Å²) in [5, 5.41) is 12.0. The number of hydrogen-bond donors (Lipinski definition) is 2. The summed E-state index contributed by atoms with van der Waals surface area (Å²) in [7, 11) is 1.98. The zero-order valence-corrected chi connectivity index (χ0v) is 18.5. The molecular weight excluding hydrogens is 374 g/mol. The average Bonchev–Trinajstić information content (AvgIpc) is 2.86. The van der Waals surface area contributed by atoms with Gasteiger partial charge in [0.05, 0.1) is 12.2 Å². The maximum atomic E-state index is 6.01. The summed E-state index contributed by atoms with van der Waals surface area (Å²) in [5.41, 5.74) is 3.58. The molecule has 0 aliphatic rings. The Morgan fingerprint density at radius 3 is 2.68 bits per heavy atom. The second-order valence-corrected chi connectivity index (χ2v) is 7.56. The molecule has 154 valence electrons. The van der Waals surface area contributed by atoms with Crippen molar-refractivity contribution in [2.24, 2.45) is 12.0 Å². The number of rotatable bonds is 8. The van der Waals surface area contributed by atoms with Crippen molar-refractivity contribution in [3.05, 3.63) is 46.2 Å². The normalized spacial score (nSPS) is 13.9. The summed E-state index contributed by atoms with van der Waals surface area (Å²) in [5.74, 6) is 1.54. The van der Waals surface area contributed by atoms with Crippen LogP contribution in [0.25, 0.3) is 0 Å². The Balaban J connectivity index is 1.95. The van der Waals surface area contributed by atoms with Crippen molar-refractivity contribution in [1.29, 1.82) is 0 Å². The van der Waals surface area contributed by atoms with E-state index in [2.05, 4.69) is 48.4 Å². The van der Waals surface area contributed by atoms with Gasteiger partial charge in [0.1, 0.15) is 11.9 Å². The molecule has 2 N–H and O–H groups in total. The van der Waals surface area contributed by atoms with Crippen LogP contribution in [-0.4, -0.2) is 41.0 Å². The topological polar surface area (TPSA) is 63.5 Å². The van der Waals surface area contributed by atoms with Gasteiger partial charge in [0.15, 0.2) is 5.96 Å². The first kappa shape index (κ1) is 22.1. The van der Waals surface area contributed by atoms with Crippen molar-refractivity contribution < 1.29 is 4.74 Å². The van der Waals surface area contributed by atoms with Gasteiger partial charge in [-0.25, -0.2) is 4.99 Å². The quantitative estimate of drug-likeness (QED) is 0.519. The fraction of sp³-hybridized carbons (Fsp3) is 0.524. The van der Waals surface area contributed by atoms with Crippen LogP contribution in [0, 0.1) is 13.8 Å². The van der Waals surface area contributed by atoms with Crippen molar-refractivity contribution in [2.75, 3.05) is 13.1 Å². The zero-order chi connectivity index (χ0) is 20.7. The molecule has 0 spiro atoms. The first-order valence-electron chi connectivity index (χ1n) is 9.76. The van der Waals surface area contributed by atoms with Gasteiger partial charge in [-0.05, 0) is 64.8 Å². The van der Waals surface area contributed by atoms with Crippen LogP contribution in [0.15, 0.2) is 29.3 Å². The molecular formula is C21H32ClN5O. The summed E-state index contributed by atoms with van der Waals surface area (Å²) >= 11 is 6.01. The Labute approximate surface area is 173 Å². The Hall–Kier alpha value is -2.21. The van der Waals surface area contributed by atoms with Crippen molar-refractivity contribution in [2.45, 2.75) is 53.2 Å². The predicted molar refractivity (Wildman–Crippen MR) is 117 cm³/mol. The summed E-state index contributed by atoms with van der Waals surface area (Å²) < 4.78 is 7.84. The van der Waals surface area contributed by atoms with E-state index in [1.54, 1.807) is 0 Å². The molecule has 7 heteroatoms. The van der Waals surface area contributed by atoms with Crippen LogP contribution in [0.3, 0.4) is 0 Å². The lowest BCUT2D eigenvalue weighted by Crippen LogP contribution is -2.43. The van der Waals surface area contributed by atoms with Crippen LogP contribution in [-0.2, 0) is 13.5 Å². The molecule has 1 heterocycles. The second-order valence-electron chi connectivity index (χ2n) is 7.13. The zero-order valence-electron chi connectivity index (χ0n) is 17.7. The van der Waals surface area contributed by atoms with E-state index < -0.39 is 0 Å². The Morgan fingerprint density at radius 2 is 2.07 bits per heavy atom. The molecule has 1 aromatic carbocycles. The largest absolute Gasteiger partial charge is 0.489 e. The smallest absolute Gasteiger partial charge is 0.191 e. The van der Waals surface area contributed by atoms with E-state index in [-0.39, 0.29) is 12.1 Å². The van der Waals surface area contributed by atoms with Gasteiger partial charge in [-0.3, -0.25) is 4.68 Å². The van der Waals surface area contributed by atoms with Gasteiger partial charge in [-0.15, -0.1) is 0 Å². The molecule has 0 saturated carbocycles. The number of aromatic nitrogens is 2. The van der Waals surface area contributed by atoms with Crippen molar-refractivity contribution in [1.82, 2.24) is 20.4 Å². The van der Waals surface area contributed by atoms with Crippen molar-refractivity contribution >= 4 is 17.6 Å². The number of nitrogens with zero attached hydrogens (tertiary/aromatic N) is 3. The molecule has 2 unspecified atom stereocenters. The van der Waals surface area contributed by atoms with Crippen molar-refractivity contribution in [3.63, 3.8) is 0 Å². The molecule has 6 nitrogen and oxygen atoms in total. The molecule has 2 atom stereocenters. The van der Waals surface area contributed by atoms with Gasteiger partial charge < -0.3 is 15.4 Å². The van der Waals surface area contributed by atoms with Crippen LogP contribution in [0.5, 0.6) is 5.75 Å². The number of aliphatic imine (C=N–C) groups is 1. The minimum atomic E-state index is -0.0629. The fourth-order valence-corrected chi connectivity index (χ4v) is 3.23. The van der Waals surface area contributed by atoms with Gasteiger partial charge in [0.2, 0.25) is 0 Å². The molecule has 1 aromatic heterocycles. The Morgan fingerprint density at radius 1 is 1.32 bits per heavy atom. The van der Waals surface area contributed by atoms with E-state index in [9.17, 15) is 0 Å². The highest BCUT2D eigenvalue weighted by Gasteiger charge is 2.14. The third kappa shape index (κ3) is 6.44. The number of hydrogen-bond acceptors (Lipinski definition) is 3. The average molecular weight is 406 g/mol. The number of guanidine groups is 1. The molecule has 0 bridgehead atoms. The van der Waals surface area contributed by atoms with Crippen LogP contribution in [0.4, 0.5) is 0 Å². The van der Waals surface area contributed by atoms with Crippen LogP contribution in [0.2, 0.25) is 5.02 Å². The summed E-state index contributed by atoms with van der Waals surface area (Å²) in [6, 6.07) is 7.65. The maximum absolute atomic E-state index is 6.01. The molecule has 0 fully saturated rings. The molecule has 2 aromatic rings.